The summed E-state index contributed by atoms with van der Waals surface area (Å²) >= 11 is 5.99. The molecule has 124 valence electrons. The molecule has 0 aromatic heterocycles. The van der Waals surface area contributed by atoms with Gasteiger partial charge in [-0.2, -0.15) is 0 Å². The molecule has 0 radical (unpaired) electrons. The average Bonchev–Trinajstić information content (AvgIpc) is 2.93. The highest BCUT2D eigenvalue weighted by Gasteiger charge is 2.35. The van der Waals surface area contributed by atoms with Crippen molar-refractivity contribution in [1.82, 2.24) is 0 Å². The summed E-state index contributed by atoms with van der Waals surface area (Å²) in [5.74, 6) is -0.545. The zero-order valence-corrected chi connectivity index (χ0v) is 14.4. The maximum atomic E-state index is 12.6. The van der Waals surface area contributed by atoms with E-state index in [1.54, 1.807) is 23.1 Å². The molecule has 24 heavy (non-hydrogen) atoms. The molecule has 5 heteroatoms. The number of halogens is 1. The molecule has 1 aliphatic heterocycles. The van der Waals surface area contributed by atoms with Crippen molar-refractivity contribution < 1.29 is 9.59 Å². The van der Waals surface area contributed by atoms with Crippen LogP contribution in [0.2, 0.25) is 5.02 Å². The van der Waals surface area contributed by atoms with Gasteiger partial charge in [0.1, 0.15) is 0 Å². The Morgan fingerprint density at radius 3 is 2.75 bits per heavy atom. The Kier molecular flexibility index (Phi) is 4.58. The Hall–Kier alpha value is -2.33. The van der Waals surface area contributed by atoms with Crippen molar-refractivity contribution in [3.05, 3.63) is 58.6 Å². The van der Waals surface area contributed by atoms with Gasteiger partial charge in [0.2, 0.25) is 11.8 Å². The van der Waals surface area contributed by atoms with Gasteiger partial charge in [-0.3, -0.25) is 9.59 Å². The molecule has 2 aromatic carbocycles. The van der Waals surface area contributed by atoms with E-state index in [1.807, 2.05) is 38.1 Å². The van der Waals surface area contributed by atoms with Gasteiger partial charge in [0, 0.05) is 29.4 Å². The van der Waals surface area contributed by atoms with Gasteiger partial charge < -0.3 is 10.2 Å². The number of nitrogens with one attached hydrogen (secondary N) is 1. The third kappa shape index (κ3) is 3.44. The summed E-state index contributed by atoms with van der Waals surface area (Å²) in [5.41, 5.74) is 3.62. The number of rotatable bonds is 3. The molecule has 2 aromatic rings. The van der Waals surface area contributed by atoms with E-state index in [1.165, 1.54) is 0 Å². The molecule has 1 unspecified atom stereocenters. The minimum atomic E-state index is -0.364. The predicted octanol–water partition coefficient (Wildman–Crippen LogP) is 3.95. The maximum Gasteiger partial charge on any atom is 0.229 e. The van der Waals surface area contributed by atoms with Crippen molar-refractivity contribution in [2.75, 3.05) is 16.8 Å². The minimum Gasteiger partial charge on any atom is -0.326 e. The van der Waals surface area contributed by atoms with Crippen LogP contribution in [0.15, 0.2) is 42.5 Å². The van der Waals surface area contributed by atoms with Gasteiger partial charge in [-0.25, -0.2) is 0 Å². The van der Waals surface area contributed by atoms with Crippen LogP contribution in [0.1, 0.15) is 17.5 Å². The Balaban J connectivity index is 1.73. The number of hydrogen-bond acceptors (Lipinski definition) is 2. The lowest BCUT2D eigenvalue weighted by Crippen LogP contribution is -2.28. The molecule has 1 heterocycles. The van der Waals surface area contributed by atoms with Crippen molar-refractivity contribution in [2.45, 2.75) is 20.3 Å². The molecule has 1 fully saturated rings. The van der Waals surface area contributed by atoms with Crippen LogP contribution >= 0.6 is 11.6 Å². The van der Waals surface area contributed by atoms with Crippen LogP contribution in [0.25, 0.3) is 0 Å². The van der Waals surface area contributed by atoms with Gasteiger partial charge >= 0.3 is 0 Å². The van der Waals surface area contributed by atoms with Crippen LogP contribution in [-0.2, 0) is 9.59 Å². The Labute approximate surface area is 146 Å². The third-order valence-corrected chi connectivity index (χ3v) is 4.50. The van der Waals surface area contributed by atoms with Crippen molar-refractivity contribution in [3.63, 3.8) is 0 Å². The summed E-state index contributed by atoms with van der Waals surface area (Å²) in [4.78, 5) is 26.5. The van der Waals surface area contributed by atoms with Crippen molar-refractivity contribution >= 4 is 34.8 Å². The van der Waals surface area contributed by atoms with Crippen LogP contribution in [0.3, 0.4) is 0 Å². The normalized spacial score (nSPS) is 17.2. The van der Waals surface area contributed by atoms with Crippen LogP contribution in [0.4, 0.5) is 11.4 Å². The van der Waals surface area contributed by atoms with E-state index in [2.05, 4.69) is 5.32 Å². The van der Waals surface area contributed by atoms with E-state index < -0.39 is 0 Å². The Bertz CT molecular complexity index is 804. The molecule has 0 bridgehead atoms. The average molecular weight is 343 g/mol. The van der Waals surface area contributed by atoms with Crippen molar-refractivity contribution in [3.8, 4) is 0 Å². The number of amides is 2. The number of carbonyl (C=O) groups is 2. The number of carbonyl (C=O) groups excluding carboxylic acids is 2. The molecule has 2 amide bonds. The summed E-state index contributed by atoms with van der Waals surface area (Å²) in [6, 6.07) is 13.1. The molecular weight excluding hydrogens is 324 g/mol. The van der Waals surface area contributed by atoms with Crippen molar-refractivity contribution in [2.24, 2.45) is 5.92 Å². The molecule has 4 nitrogen and oxygen atoms in total. The Morgan fingerprint density at radius 2 is 2.00 bits per heavy atom. The molecule has 3 rings (SSSR count). The molecule has 1 aliphatic rings. The highest BCUT2D eigenvalue weighted by atomic mass is 35.5. The zero-order chi connectivity index (χ0) is 17.3. The number of hydrogen-bond donors (Lipinski definition) is 1. The van der Waals surface area contributed by atoms with E-state index in [4.69, 9.17) is 11.6 Å². The van der Waals surface area contributed by atoms with Gasteiger partial charge in [-0.15, -0.1) is 0 Å². The summed E-state index contributed by atoms with van der Waals surface area (Å²) < 4.78 is 0. The Morgan fingerprint density at radius 1 is 1.21 bits per heavy atom. The largest absolute Gasteiger partial charge is 0.326 e. The van der Waals surface area contributed by atoms with E-state index in [0.29, 0.717) is 11.6 Å². The quantitative estimate of drug-likeness (QED) is 0.918. The number of aryl methyl sites for hydroxylation is 2. The second kappa shape index (κ2) is 6.65. The van der Waals surface area contributed by atoms with Gasteiger partial charge in [-0.05, 0) is 49.2 Å². The summed E-state index contributed by atoms with van der Waals surface area (Å²) in [5, 5.41) is 3.53. The lowest BCUT2D eigenvalue weighted by molar-refractivity contribution is -0.122. The van der Waals surface area contributed by atoms with E-state index in [0.717, 1.165) is 22.5 Å². The first-order valence-corrected chi connectivity index (χ1v) is 8.26. The van der Waals surface area contributed by atoms with Crippen LogP contribution in [0.5, 0.6) is 0 Å². The fourth-order valence-electron chi connectivity index (χ4n) is 2.88. The fourth-order valence-corrected chi connectivity index (χ4v) is 3.07. The second-order valence-corrected chi connectivity index (χ2v) is 6.63. The van der Waals surface area contributed by atoms with E-state index in [-0.39, 0.29) is 24.2 Å². The molecule has 0 saturated carbocycles. The summed E-state index contributed by atoms with van der Waals surface area (Å²) in [6.45, 7) is 4.30. The summed E-state index contributed by atoms with van der Waals surface area (Å²) in [6.07, 6.45) is 0.212. The highest BCUT2D eigenvalue weighted by Crippen LogP contribution is 2.28. The fraction of sp³-hybridized carbons (Fsp3) is 0.263. The van der Waals surface area contributed by atoms with Crippen LogP contribution in [0, 0.1) is 19.8 Å². The van der Waals surface area contributed by atoms with Crippen LogP contribution < -0.4 is 10.2 Å². The van der Waals surface area contributed by atoms with Gasteiger partial charge in [0.05, 0.1) is 5.92 Å². The minimum absolute atomic E-state index is 0.0571. The smallest absolute Gasteiger partial charge is 0.229 e. The molecular formula is C19H19ClN2O2. The SMILES string of the molecule is Cc1ccc(C)c(NC(=O)C2CC(=O)N(c3cccc(Cl)c3)C2)c1. The molecule has 1 saturated heterocycles. The first-order valence-electron chi connectivity index (χ1n) is 7.88. The van der Waals surface area contributed by atoms with E-state index >= 15 is 0 Å². The molecule has 1 atom stereocenters. The zero-order valence-electron chi connectivity index (χ0n) is 13.7. The molecule has 1 N–H and O–H groups in total. The standard InChI is InChI=1S/C19H19ClN2O2/c1-12-6-7-13(2)17(8-12)21-19(24)14-9-18(23)22(11-14)16-5-3-4-15(20)10-16/h3-8,10,14H,9,11H2,1-2H3,(H,21,24). The van der Waals surface area contributed by atoms with Gasteiger partial charge in [0.25, 0.3) is 0 Å². The van der Waals surface area contributed by atoms with E-state index in [9.17, 15) is 9.59 Å². The monoisotopic (exact) mass is 342 g/mol. The topological polar surface area (TPSA) is 49.4 Å². The first kappa shape index (κ1) is 16.5. The second-order valence-electron chi connectivity index (χ2n) is 6.19. The van der Waals surface area contributed by atoms with Gasteiger partial charge in [0.15, 0.2) is 0 Å². The lowest BCUT2D eigenvalue weighted by atomic mass is 10.1. The number of anilines is 2. The number of benzene rings is 2. The van der Waals surface area contributed by atoms with Gasteiger partial charge in [-0.1, -0.05) is 29.8 Å². The maximum absolute atomic E-state index is 12.6. The lowest BCUT2D eigenvalue weighted by Gasteiger charge is -2.17. The van der Waals surface area contributed by atoms with Crippen LogP contribution in [-0.4, -0.2) is 18.4 Å². The summed E-state index contributed by atoms with van der Waals surface area (Å²) in [7, 11) is 0. The highest BCUT2D eigenvalue weighted by molar-refractivity contribution is 6.31. The van der Waals surface area contributed by atoms with Crippen molar-refractivity contribution in [1.29, 1.82) is 0 Å². The first-order chi connectivity index (χ1) is 11.4. The third-order valence-electron chi connectivity index (χ3n) is 4.27. The molecule has 0 aliphatic carbocycles. The molecule has 0 spiro atoms. The predicted molar refractivity (Wildman–Crippen MR) is 96.5 cm³/mol. The number of nitrogens with zero attached hydrogens (tertiary/aromatic N) is 1.